The Hall–Kier alpha value is -3.12. The number of nitrogens with zero attached hydrogens (tertiary/aromatic N) is 2. The summed E-state index contributed by atoms with van der Waals surface area (Å²) in [4.78, 5) is 29.4. The van der Waals surface area contributed by atoms with E-state index >= 15 is 0 Å². The number of piperazine rings is 1. The van der Waals surface area contributed by atoms with E-state index in [1.54, 1.807) is 18.2 Å². The van der Waals surface area contributed by atoms with Crippen molar-refractivity contribution in [1.29, 1.82) is 0 Å². The van der Waals surface area contributed by atoms with Gasteiger partial charge in [0.1, 0.15) is 11.1 Å². The maximum absolute atomic E-state index is 12.4. The number of para-hydroxylation sites is 1. The van der Waals surface area contributed by atoms with Crippen LogP contribution >= 0.6 is 0 Å². The van der Waals surface area contributed by atoms with Gasteiger partial charge in [0, 0.05) is 43.8 Å². The summed E-state index contributed by atoms with van der Waals surface area (Å²) < 4.78 is 5.24. The Morgan fingerprint density at radius 2 is 1.81 bits per heavy atom. The third kappa shape index (κ3) is 5.33. The Labute approximate surface area is 182 Å². The molecule has 0 radical (unpaired) electrons. The summed E-state index contributed by atoms with van der Waals surface area (Å²) in [6.07, 6.45) is 1.89. The van der Waals surface area contributed by atoms with Gasteiger partial charge in [0.25, 0.3) is 5.91 Å². The summed E-state index contributed by atoms with van der Waals surface area (Å²) in [5.41, 5.74) is 2.56. The lowest BCUT2D eigenvalue weighted by molar-refractivity contribution is 0.0949. The molecule has 2 aromatic carbocycles. The molecule has 2 heterocycles. The molecule has 1 saturated heterocycles. The SMILES string of the molecule is Cc1cccc(N2CCN(CCCCNC(=O)c3cc4ccccc4oc3=O)CC2)c1. The third-order valence-corrected chi connectivity index (χ3v) is 5.81. The van der Waals surface area contributed by atoms with E-state index in [0.717, 1.165) is 51.0 Å². The van der Waals surface area contributed by atoms with Gasteiger partial charge >= 0.3 is 5.63 Å². The van der Waals surface area contributed by atoms with Crippen LogP contribution in [0.4, 0.5) is 5.69 Å². The smallest absolute Gasteiger partial charge is 0.349 e. The molecule has 6 nitrogen and oxygen atoms in total. The number of rotatable bonds is 7. The number of unbranched alkanes of at least 4 members (excludes halogenated alkanes) is 1. The number of hydrogen-bond acceptors (Lipinski definition) is 5. The highest BCUT2D eigenvalue weighted by Gasteiger charge is 2.17. The van der Waals surface area contributed by atoms with E-state index in [9.17, 15) is 9.59 Å². The van der Waals surface area contributed by atoms with Gasteiger partial charge in [-0.05, 0) is 56.1 Å². The molecule has 3 aromatic rings. The van der Waals surface area contributed by atoms with Crippen LogP contribution in [0.2, 0.25) is 0 Å². The molecule has 6 heteroatoms. The van der Waals surface area contributed by atoms with Crippen molar-refractivity contribution < 1.29 is 9.21 Å². The second-order valence-corrected chi connectivity index (χ2v) is 8.12. The normalized spacial score (nSPS) is 14.7. The summed E-state index contributed by atoms with van der Waals surface area (Å²) in [5.74, 6) is -0.369. The fourth-order valence-electron chi connectivity index (χ4n) is 4.03. The van der Waals surface area contributed by atoms with Crippen molar-refractivity contribution in [2.45, 2.75) is 19.8 Å². The molecule has 4 rings (SSSR count). The minimum Gasteiger partial charge on any atom is -0.422 e. The molecule has 1 fully saturated rings. The van der Waals surface area contributed by atoms with Crippen molar-refractivity contribution >= 4 is 22.6 Å². The van der Waals surface area contributed by atoms with E-state index < -0.39 is 5.63 Å². The van der Waals surface area contributed by atoms with E-state index in [0.29, 0.717) is 12.1 Å². The highest BCUT2D eigenvalue weighted by atomic mass is 16.4. The van der Waals surface area contributed by atoms with Gasteiger partial charge in [0.2, 0.25) is 0 Å². The average Bonchev–Trinajstić information content (AvgIpc) is 2.78. The van der Waals surface area contributed by atoms with E-state index in [2.05, 4.69) is 46.3 Å². The van der Waals surface area contributed by atoms with Crippen LogP contribution in [0.5, 0.6) is 0 Å². The van der Waals surface area contributed by atoms with Crippen LogP contribution < -0.4 is 15.8 Å². The molecule has 0 unspecified atom stereocenters. The Kier molecular flexibility index (Phi) is 6.67. The number of nitrogens with one attached hydrogen (secondary N) is 1. The first kappa shape index (κ1) is 21.1. The molecule has 0 atom stereocenters. The second kappa shape index (κ2) is 9.79. The number of hydrogen-bond donors (Lipinski definition) is 1. The van der Waals surface area contributed by atoms with Crippen LogP contribution in [-0.2, 0) is 0 Å². The van der Waals surface area contributed by atoms with Gasteiger partial charge in [-0.2, -0.15) is 0 Å². The Bertz CT molecular complexity index is 1100. The maximum Gasteiger partial charge on any atom is 0.349 e. The third-order valence-electron chi connectivity index (χ3n) is 5.81. The Balaban J connectivity index is 1.18. The van der Waals surface area contributed by atoms with Gasteiger partial charge in [0.05, 0.1) is 0 Å². The first-order valence-corrected chi connectivity index (χ1v) is 11.0. The van der Waals surface area contributed by atoms with Crippen LogP contribution in [0, 0.1) is 6.92 Å². The molecule has 0 spiro atoms. The molecule has 1 aliphatic heterocycles. The van der Waals surface area contributed by atoms with Crippen LogP contribution in [0.3, 0.4) is 0 Å². The number of carbonyl (C=O) groups is 1. The largest absolute Gasteiger partial charge is 0.422 e. The highest BCUT2D eigenvalue weighted by Crippen LogP contribution is 2.18. The topological polar surface area (TPSA) is 65.8 Å². The molecular formula is C25H29N3O3. The molecular weight excluding hydrogens is 390 g/mol. The number of fused-ring (bicyclic) bond motifs is 1. The monoisotopic (exact) mass is 419 g/mol. The van der Waals surface area contributed by atoms with Gasteiger partial charge in [-0.3, -0.25) is 9.69 Å². The minimum absolute atomic E-state index is 0.0611. The molecule has 0 aliphatic carbocycles. The summed E-state index contributed by atoms with van der Waals surface area (Å²) in [6.45, 7) is 7.89. The lowest BCUT2D eigenvalue weighted by atomic mass is 10.1. The van der Waals surface area contributed by atoms with Crippen molar-refractivity contribution in [3.63, 3.8) is 0 Å². The zero-order valence-corrected chi connectivity index (χ0v) is 18.0. The molecule has 0 saturated carbocycles. The summed E-state index contributed by atoms with van der Waals surface area (Å²) in [7, 11) is 0. The van der Waals surface area contributed by atoms with Crippen molar-refractivity contribution in [3.8, 4) is 0 Å². The number of anilines is 1. The second-order valence-electron chi connectivity index (χ2n) is 8.12. The summed E-state index contributed by atoms with van der Waals surface area (Å²) in [6, 6.07) is 17.5. The average molecular weight is 420 g/mol. The number of benzene rings is 2. The van der Waals surface area contributed by atoms with Crippen LogP contribution in [0.15, 0.2) is 63.8 Å². The fourth-order valence-corrected chi connectivity index (χ4v) is 4.03. The van der Waals surface area contributed by atoms with Gasteiger partial charge in [-0.25, -0.2) is 4.79 Å². The molecule has 162 valence electrons. The lowest BCUT2D eigenvalue weighted by Gasteiger charge is -2.36. The maximum atomic E-state index is 12.4. The van der Waals surface area contributed by atoms with E-state index in [1.807, 2.05) is 12.1 Å². The molecule has 1 amide bonds. The summed E-state index contributed by atoms with van der Waals surface area (Å²) in [5, 5.41) is 3.60. The molecule has 1 aliphatic rings. The van der Waals surface area contributed by atoms with Gasteiger partial charge in [0.15, 0.2) is 0 Å². The number of aryl methyl sites for hydroxylation is 1. The first-order chi connectivity index (χ1) is 15.1. The lowest BCUT2D eigenvalue weighted by Crippen LogP contribution is -2.46. The van der Waals surface area contributed by atoms with Crippen LogP contribution in [0.1, 0.15) is 28.8 Å². The van der Waals surface area contributed by atoms with E-state index in [4.69, 9.17) is 4.42 Å². The van der Waals surface area contributed by atoms with Crippen LogP contribution in [0.25, 0.3) is 11.0 Å². The molecule has 31 heavy (non-hydrogen) atoms. The van der Waals surface area contributed by atoms with Crippen molar-refractivity contribution in [3.05, 3.63) is 76.1 Å². The van der Waals surface area contributed by atoms with Crippen molar-refractivity contribution in [2.75, 3.05) is 44.2 Å². The Morgan fingerprint density at radius 1 is 1.00 bits per heavy atom. The number of amides is 1. The van der Waals surface area contributed by atoms with Crippen LogP contribution in [-0.4, -0.2) is 50.1 Å². The standard InChI is InChI=1S/C25H29N3O3/c1-19-7-6-9-21(17-19)28-15-13-27(14-16-28)12-5-4-11-26-24(29)22-18-20-8-2-3-10-23(20)31-25(22)30/h2-3,6-10,17-18H,4-5,11-16H2,1H3,(H,26,29). The van der Waals surface area contributed by atoms with Gasteiger partial charge in [-0.1, -0.05) is 30.3 Å². The fraction of sp³-hybridized carbons (Fsp3) is 0.360. The zero-order chi connectivity index (χ0) is 21.6. The van der Waals surface area contributed by atoms with E-state index in [1.165, 1.54) is 11.3 Å². The summed E-state index contributed by atoms with van der Waals surface area (Å²) >= 11 is 0. The minimum atomic E-state index is -0.595. The van der Waals surface area contributed by atoms with Gasteiger partial charge < -0.3 is 14.6 Å². The first-order valence-electron chi connectivity index (χ1n) is 11.0. The van der Waals surface area contributed by atoms with E-state index in [-0.39, 0.29) is 11.5 Å². The molecule has 0 bridgehead atoms. The Morgan fingerprint density at radius 3 is 2.61 bits per heavy atom. The van der Waals surface area contributed by atoms with Gasteiger partial charge in [-0.15, -0.1) is 0 Å². The molecule has 1 aromatic heterocycles. The van der Waals surface area contributed by atoms with Crippen molar-refractivity contribution in [2.24, 2.45) is 0 Å². The predicted molar refractivity (Wildman–Crippen MR) is 124 cm³/mol. The quantitative estimate of drug-likeness (QED) is 0.470. The highest BCUT2D eigenvalue weighted by molar-refractivity contribution is 5.96. The number of carbonyl (C=O) groups excluding carboxylic acids is 1. The zero-order valence-electron chi connectivity index (χ0n) is 18.0. The predicted octanol–water partition coefficient (Wildman–Crippen LogP) is 3.43. The molecule has 1 N–H and O–H groups in total. The van der Waals surface area contributed by atoms with Crippen molar-refractivity contribution in [1.82, 2.24) is 10.2 Å².